The number of hydrogen-bond acceptors (Lipinski definition) is 5. The van der Waals surface area contributed by atoms with Crippen molar-refractivity contribution in [3.63, 3.8) is 0 Å². The van der Waals surface area contributed by atoms with Crippen molar-refractivity contribution < 1.29 is 14.2 Å². The van der Waals surface area contributed by atoms with Gasteiger partial charge in [0.05, 0.1) is 6.67 Å². The predicted molar refractivity (Wildman–Crippen MR) is 142 cm³/mol. The molecule has 5 nitrogen and oxygen atoms in total. The van der Waals surface area contributed by atoms with Gasteiger partial charge in [-0.25, -0.2) is 9.97 Å². The Labute approximate surface area is 220 Å². The fourth-order valence-electron chi connectivity index (χ4n) is 5.14. The van der Waals surface area contributed by atoms with Gasteiger partial charge in [0.15, 0.2) is 0 Å². The third-order valence-electron chi connectivity index (χ3n) is 6.82. The lowest BCUT2D eigenvalue weighted by atomic mass is 9.89. The molecule has 36 heavy (non-hydrogen) atoms. The van der Waals surface area contributed by atoms with Crippen LogP contribution in [0.25, 0.3) is 11.1 Å². The van der Waals surface area contributed by atoms with Crippen LogP contribution in [0.3, 0.4) is 0 Å². The van der Waals surface area contributed by atoms with E-state index in [2.05, 4.69) is 14.9 Å². The van der Waals surface area contributed by atoms with Crippen LogP contribution in [0.15, 0.2) is 48.8 Å². The number of fused-ring (bicyclic) bond motifs is 1. The molecule has 0 amide bonds. The van der Waals surface area contributed by atoms with Crippen molar-refractivity contribution in [3.8, 4) is 11.8 Å². The Bertz CT molecular complexity index is 1270. The number of aryl methyl sites for hydroxylation is 1. The molecule has 5 rings (SSSR count). The fraction of sp³-hybridized carbons (Fsp3) is 0.357. The van der Waals surface area contributed by atoms with Crippen molar-refractivity contribution in [1.82, 2.24) is 14.9 Å². The number of likely N-dealkylation sites (tertiary alicyclic amines) is 1. The summed E-state index contributed by atoms with van der Waals surface area (Å²) in [6, 6.07) is 11.4. The molecule has 1 saturated heterocycles. The summed E-state index contributed by atoms with van der Waals surface area (Å²) < 4.78 is 18.5. The molecule has 1 aromatic heterocycles. The summed E-state index contributed by atoms with van der Waals surface area (Å²) in [6.45, 7) is 2.10. The second-order valence-corrected chi connectivity index (χ2v) is 10.1. The average Bonchev–Trinajstić information content (AvgIpc) is 3.22. The zero-order valence-electron chi connectivity index (χ0n) is 19.9. The van der Waals surface area contributed by atoms with Gasteiger partial charge in [0.1, 0.15) is 11.9 Å². The number of benzene rings is 2. The van der Waals surface area contributed by atoms with E-state index in [1.165, 1.54) is 0 Å². The number of alkyl halides is 1. The smallest absolute Gasteiger partial charge is 0.316 e. The van der Waals surface area contributed by atoms with Crippen molar-refractivity contribution in [2.75, 3.05) is 26.3 Å². The van der Waals surface area contributed by atoms with Crippen molar-refractivity contribution >= 4 is 34.3 Å². The Balaban J connectivity index is 1.49. The summed E-state index contributed by atoms with van der Waals surface area (Å²) >= 11 is 12.8. The van der Waals surface area contributed by atoms with E-state index >= 15 is 0 Å². The van der Waals surface area contributed by atoms with Gasteiger partial charge in [-0.05, 0) is 84.2 Å². The number of rotatable bonds is 7. The van der Waals surface area contributed by atoms with Gasteiger partial charge in [0.25, 0.3) is 0 Å². The Kier molecular flexibility index (Phi) is 7.75. The Morgan fingerprint density at radius 2 is 1.86 bits per heavy atom. The molecule has 2 heterocycles. The summed E-state index contributed by atoms with van der Waals surface area (Å²) in [7, 11) is 0. The SMILES string of the molecule is Oc1ccc2c(c1)CCCC(c1ccc(Cl)cc1Cl)=C2c1cnc(O[C@H]2CCN(CCCF)C2)nc1. The van der Waals surface area contributed by atoms with Crippen molar-refractivity contribution in [1.29, 1.82) is 0 Å². The molecule has 2 aliphatic rings. The molecule has 1 fully saturated rings. The van der Waals surface area contributed by atoms with E-state index in [9.17, 15) is 9.50 Å². The number of phenols is 1. The maximum Gasteiger partial charge on any atom is 0.316 e. The number of allylic oxidation sites excluding steroid dienone is 1. The second-order valence-electron chi connectivity index (χ2n) is 9.30. The standard InChI is InChI=1S/C28H28Cl2FN3O2/c29-20-5-7-24(26(30)14-20)25-4-1-3-18-13-21(35)6-8-23(18)27(25)19-15-32-28(33-16-19)36-22-9-12-34(17-22)11-2-10-31/h5-8,13-16,22,35H,1-4,9-12,17H2/t22-/m0/s1. The van der Waals surface area contributed by atoms with Crippen molar-refractivity contribution in [3.05, 3.63) is 81.1 Å². The molecule has 0 radical (unpaired) electrons. The Morgan fingerprint density at radius 3 is 2.64 bits per heavy atom. The minimum absolute atomic E-state index is 0.000284. The van der Waals surface area contributed by atoms with Crippen molar-refractivity contribution in [2.24, 2.45) is 0 Å². The van der Waals surface area contributed by atoms with E-state index in [-0.39, 0.29) is 18.5 Å². The molecule has 1 N–H and O–H groups in total. The van der Waals surface area contributed by atoms with E-state index in [0.29, 0.717) is 22.5 Å². The lowest BCUT2D eigenvalue weighted by Gasteiger charge is -2.18. The molecule has 0 saturated carbocycles. The quantitative estimate of drug-likeness (QED) is 0.375. The number of nitrogens with zero attached hydrogens (tertiary/aromatic N) is 3. The molecule has 2 aromatic carbocycles. The number of halogens is 3. The van der Waals surface area contributed by atoms with Crippen LogP contribution in [-0.2, 0) is 6.42 Å². The van der Waals surface area contributed by atoms with Crippen LogP contribution in [-0.4, -0.2) is 52.4 Å². The summed E-state index contributed by atoms with van der Waals surface area (Å²) in [5.74, 6) is 0.248. The first-order valence-corrected chi connectivity index (χ1v) is 13.1. The van der Waals surface area contributed by atoms with Gasteiger partial charge >= 0.3 is 6.01 Å². The highest BCUT2D eigenvalue weighted by Gasteiger charge is 2.25. The molecule has 0 spiro atoms. The number of ether oxygens (including phenoxy) is 1. The van der Waals surface area contributed by atoms with Crippen LogP contribution in [0.2, 0.25) is 10.0 Å². The molecule has 1 aliphatic heterocycles. The molecule has 0 bridgehead atoms. The topological polar surface area (TPSA) is 58.5 Å². The maximum atomic E-state index is 12.5. The van der Waals surface area contributed by atoms with Crippen LogP contribution >= 0.6 is 23.2 Å². The lowest BCUT2D eigenvalue weighted by Crippen LogP contribution is -2.26. The number of aromatic nitrogens is 2. The summed E-state index contributed by atoms with van der Waals surface area (Å²) in [5.41, 5.74) is 5.98. The highest BCUT2D eigenvalue weighted by molar-refractivity contribution is 6.36. The molecular formula is C28H28Cl2FN3O2. The Morgan fingerprint density at radius 1 is 1.06 bits per heavy atom. The van der Waals surface area contributed by atoms with E-state index in [0.717, 1.165) is 78.7 Å². The average molecular weight is 528 g/mol. The fourth-order valence-corrected chi connectivity index (χ4v) is 5.66. The van der Waals surface area contributed by atoms with Gasteiger partial charge in [-0.1, -0.05) is 35.3 Å². The first-order chi connectivity index (χ1) is 17.5. The van der Waals surface area contributed by atoms with Crippen LogP contribution in [0.1, 0.15) is 47.9 Å². The zero-order chi connectivity index (χ0) is 25.1. The monoisotopic (exact) mass is 527 g/mol. The second kappa shape index (κ2) is 11.2. The van der Waals surface area contributed by atoms with E-state index in [1.54, 1.807) is 24.5 Å². The predicted octanol–water partition coefficient (Wildman–Crippen LogP) is 6.60. The van der Waals surface area contributed by atoms with Crippen LogP contribution in [0.4, 0.5) is 4.39 Å². The molecule has 8 heteroatoms. The Hall–Kier alpha value is -2.67. The first kappa shape index (κ1) is 25.0. The van der Waals surface area contributed by atoms with Crippen molar-refractivity contribution in [2.45, 2.75) is 38.2 Å². The molecule has 1 aliphatic carbocycles. The van der Waals surface area contributed by atoms with Crippen LogP contribution < -0.4 is 4.74 Å². The van der Waals surface area contributed by atoms with Gasteiger partial charge in [0.2, 0.25) is 0 Å². The summed E-state index contributed by atoms with van der Waals surface area (Å²) in [5, 5.41) is 11.3. The highest BCUT2D eigenvalue weighted by atomic mass is 35.5. The molecule has 3 aromatic rings. The van der Waals surface area contributed by atoms with E-state index in [1.807, 2.05) is 24.3 Å². The normalized spacial score (nSPS) is 18.2. The zero-order valence-corrected chi connectivity index (χ0v) is 21.4. The number of aromatic hydroxyl groups is 1. The van der Waals surface area contributed by atoms with E-state index in [4.69, 9.17) is 27.9 Å². The third-order valence-corrected chi connectivity index (χ3v) is 7.36. The molecule has 188 valence electrons. The summed E-state index contributed by atoms with van der Waals surface area (Å²) in [6.07, 6.45) is 7.56. The minimum atomic E-state index is -0.297. The molecule has 0 unspecified atom stereocenters. The lowest BCUT2D eigenvalue weighted by molar-refractivity contribution is 0.183. The van der Waals surface area contributed by atoms with Crippen LogP contribution in [0.5, 0.6) is 11.8 Å². The van der Waals surface area contributed by atoms with Gasteiger partial charge < -0.3 is 9.84 Å². The number of hydrogen-bond donors (Lipinski definition) is 1. The van der Waals surface area contributed by atoms with E-state index < -0.39 is 0 Å². The summed E-state index contributed by atoms with van der Waals surface area (Å²) in [4.78, 5) is 11.3. The third kappa shape index (κ3) is 5.51. The molecular weight excluding hydrogens is 500 g/mol. The first-order valence-electron chi connectivity index (χ1n) is 12.3. The maximum absolute atomic E-state index is 12.5. The van der Waals surface area contributed by atoms with Crippen LogP contribution in [0, 0.1) is 0 Å². The van der Waals surface area contributed by atoms with Gasteiger partial charge in [-0.15, -0.1) is 0 Å². The molecule has 1 atom stereocenters. The van der Waals surface area contributed by atoms with Gasteiger partial charge in [0, 0.05) is 47.6 Å². The largest absolute Gasteiger partial charge is 0.508 e. The van der Waals surface area contributed by atoms with Gasteiger partial charge in [-0.3, -0.25) is 9.29 Å². The number of phenolic OH excluding ortho intramolecular Hbond substituents is 1. The van der Waals surface area contributed by atoms with Gasteiger partial charge in [-0.2, -0.15) is 0 Å². The highest BCUT2D eigenvalue weighted by Crippen LogP contribution is 2.42. The minimum Gasteiger partial charge on any atom is -0.508 e.